The molecule has 0 radical (unpaired) electrons. The Morgan fingerprint density at radius 2 is 2.25 bits per heavy atom. The lowest BCUT2D eigenvalue weighted by Crippen LogP contribution is -1.78. The SMILES string of the molecule is CC/C=C/CC(=O)Cl. The minimum Gasteiger partial charge on any atom is -0.281 e. The number of hydrogen-bond donors (Lipinski definition) is 0. The van der Waals surface area contributed by atoms with Gasteiger partial charge in [-0.3, -0.25) is 4.79 Å². The fourth-order valence-corrected chi connectivity index (χ4v) is 0.432. The first kappa shape index (κ1) is 7.70. The van der Waals surface area contributed by atoms with Gasteiger partial charge in [0, 0.05) is 6.42 Å². The minimum atomic E-state index is -0.297. The zero-order valence-electron chi connectivity index (χ0n) is 4.86. The van der Waals surface area contributed by atoms with Gasteiger partial charge in [0.1, 0.15) is 0 Å². The molecule has 0 N–H and O–H groups in total. The van der Waals surface area contributed by atoms with Gasteiger partial charge < -0.3 is 0 Å². The van der Waals surface area contributed by atoms with Crippen LogP contribution in [0.3, 0.4) is 0 Å². The van der Waals surface area contributed by atoms with Crippen LogP contribution in [0.4, 0.5) is 0 Å². The average Bonchev–Trinajstić information content (AvgIpc) is 1.66. The van der Waals surface area contributed by atoms with Gasteiger partial charge in [0.25, 0.3) is 0 Å². The second-order valence-electron chi connectivity index (χ2n) is 1.44. The van der Waals surface area contributed by atoms with E-state index >= 15 is 0 Å². The molecule has 8 heavy (non-hydrogen) atoms. The van der Waals surface area contributed by atoms with Gasteiger partial charge in [-0.15, -0.1) is 0 Å². The number of rotatable bonds is 3. The molecule has 0 aliphatic carbocycles. The Bertz CT molecular complexity index is 96.7. The van der Waals surface area contributed by atoms with Crippen LogP contribution in [0.5, 0.6) is 0 Å². The highest BCUT2D eigenvalue weighted by Gasteiger charge is 1.86. The molecular weight excluding hydrogens is 124 g/mol. The van der Waals surface area contributed by atoms with Crippen molar-refractivity contribution in [3.8, 4) is 0 Å². The van der Waals surface area contributed by atoms with E-state index in [9.17, 15) is 4.79 Å². The molecule has 0 rings (SSSR count). The third-order valence-electron chi connectivity index (χ3n) is 0.681. The topological polar surface area (TPSA) is 17.1 Å². The van der Waals surface area contributed by atoms with Crippen LogP contribution in [-0.4, -0.2) is 5.24 Å². The third kappa shape index (κ3) is 5.70. The molecule has 0 spiro atoms. The van der Waals surface area contributed by atoms with Crippen LogP contribution in [0, 0.1) is 0 Å². The number of allylic oxidation sites excluding steroid dienone is 2. The Morgan fingerprint density at radius 3 is 2.62 bits per heavy atom. The van der Waals surface area contributed by atoms with Crippen molar-refractivity contribution >= 4 is 16.8 Å². The summed E-state index contributed by atoms with van der Waals surface area (Å²) in [6, 6.07) is 0. The summed E-state index contributed by atoms with van der Waals surface area (Å²) in [4.78, 5) is 10.0. The Kier molecular flexibility index (Phi) is 4.67. The Morgan fingerprint density at radius 1 is 1.62 bits per heavy atom. The van der Waals surface area contributed by atoms with Crippen LogP contribution in [0.15, 0.2) is 12.2 Å². The number of carbonyl (C=O) groups is 1. The monoisotopic (exact) mass is 132 g/mol. The predicted molar refractivity (Wildman–Crippen MR) is 34.9 cm³/mol. The van der Waals surface area contributed by atoms with Crippen LogP contribution >= 0.6 is 11.6 Å². The quantitative estimate of drug-likeness (QED) is 0.425. The third-order valence-corrected chi connectivity index (χ3v) is 0.835. The molecule has 0 aromatic heterocycles. The molecule has 46 valence electrons. The molecule has 0 heterocycles. The molecule has 0 fully saturated rings. The molecule has 1 nitrogen and oxygen atoms in total. The lowest BCUT2D eigenvalue weighted by Gasteiger charge is -1.78. The molecule has 0 aliphatic heterocycles. The second kappa shape index (κ2) is 4.85. The minimum absolute atomic E-state index is 0.297. The van der Waals surface area contributed by atoms with Crippen LogP contribution in [0.1, 0.15) is 19.8 Å². The number of hydrogen-bond acceptors (Lipinski definition) is 1. The second-order valence-corrected chi connectivity index (χ2v) is 1.86. The maximum atomic E-state index is 10.0. The van der Waals surface area contributed by atoms with E-state index in [1.54, 1.807) is 6.08 Å². The highest BCUT2D eigenvalue weighted by atomic mass is 35.5. The van der Waals surface area contributed by atoms with Crippen LogP contribution in [0.2, 0.25) is 0 Å². The molecule has 0 atom stereocenters. The van der Waals surface area contributed by atoms with Crippen molar-refractivity contribution in [2.45, 2.75) is 19.8 Å². The number of carbonyl (C=O) groups excluding carboxylic acids is 1. The van der Waals surface area contributed by atoms with E-state index < -0.39 is 0 Å². The maximum Gasteiger partial charge on any atom is 0.225 e. The van der Waals surface area contributed by atoms with E-state index in [2.05, 4.69) is 0 Å². The van der Waals surface area contributed by atoms with E-state index in [0.29, 0.717) is 6.42 Å². The van der Waals surface area contributed by atoms with Crippen LogP contribution < -0.4 is 0 Å². The van der Waals surface area contributed by atoms with Crippen molar-refractivity contribution in [1.29, 1.82) is 0 Å². The molecule has 0 bridgehead atoms. The average molecular weight is 133 g/mol. The normalized spacial score (nSPS) is 10.2. The van der Waals surface area contributed by atoms with Crippen LogP contribution in [0.25, 0.3) is 0 Å². The standard InChI is InChI=1S/C6H9ClO/c1-2-3-4-5-6(7)8/h3-4H,2,5H2,1H3/b4-3+. The van der Waals surface area contributed by atoms with Crippen molar-refractivity contribution < 1.29 is 4.79 Å². The van der Waals surface area contributed by atoms with Crippen LogP contribution in [-0.2, 0) is 4.79 Å². The smallest absolute Gasteiger partial charge is 0.225 e. The van der Waals surface area contributed by atoms with Crippen molar-refractivity contribution in [2.24, 2.45) is 0 Å². The van der Waals surface area contributed by atoms with Crippen molar-refractivity contribution in [3.63, 3.8) is 0 Å². The fourth-order valence-electron chi connectivity index (χ4n) is 0.343. The molecule has 0 saturated carbocycles. The van der Waals surface area contributed by atoms with E-state index in [0.717, 1.165) is 6.42 Å². The first-order valence-electron chi connectivity index (χ1n) is 2.60. The Balaban J connectivity index is 3.16. The summed E-state index contributed by atoms with van der Waals surface area (Å²) in [6.45, 7) is 2.01. The summed E-state index contributed by atoms with van der Waals surface area (Å²) in [5.41, 5.74) is 0. The van der Waals surface area contributed by atoms with Gasteiger partial charge >= 0.3 is 0 Å². The highest BCUT2D eigenvalue weighted by molar-refractivity contribution is 6.63. The molecule has 0 saturated heterocycles. The number of halogens is 1. The van der Waals surface area contributed by atoms with Gasteiger partial charge in [-0.1, -0.05) is 19.1 Å². The summed E-state index contributed by atoms with van der Waals surface area (Å²) in [5.74, 6) is 0. The molecule has 2 heteroatoms. The molecule has 0 aromatic rings. The van der Waals surface area contributed by atoms with Gasteiger partial charge in [0.15, 0.2) is 0 Å². The zero-order chi connectivity index (χ0) is 6.41. The lowest BCUT2D eigenvalue weighted by molar-refractivity contribution is -0.110. The van der Waals surface area contributed by atoms with Crippen molar-refractivity contribution in [2.75, 3.05) is 0 Å². The lowest BCUT2D eigenvalue weighted by atomic mass is 10.3. The molecule has 0 aromatic carbocycles. The fraction of sp³-hybridized carbons (Fsp3) is 0.500. The van der Waals surface area contributed by atoms with E-state index in [1.165, 1.54) is 0 Å². The summed E-state index contributed by atoms with van der Waals surface area (Å²) in [7, 11) is 0. The molecule has 0 amide bonds. The van der Waals surface area contributed by atoms with Crippen molar-refractivity contribution in [1.82, 2.24) is 0 Å². The van der Waals surface area contributed by atoms with E-state index in [1.807, 2.05) is 13.0 Å². The first-order valence-corrected chi connectivity index (χ1v) is 2.98. The maximum absolute atomic E-state index is 10.0. The molecular formula is C6H9ClO. The van der Waals surface area contributed by atoms with E-state index in [4.69, 9.17) is 11.6 Å². The Labute approximate surface area is 54.3 Å². The summed E-state index contributed by atoms with van der Waals surface area (Å²) >= 11 is 5.02. The summed E-state index contributed by atoms with van der Waals surface area (Å²) in [5, 5.41) is -0.297. The molecule has 0 aliphatic rings. The van der Waals surface area contributed by atoms with Gasteiger partial charge in [-0.2, -0.15) is 0 Å². The predicted octanol–water partition coefficient (Wildman–Crippen LogP) is 2.11. The Hall–Kier alpha value is -0.300. The first-order chi connectivity index (χ1) is 3.77. The van der Waals surface area contributed by atoms with Gasteiger partial charge in [-0.25, -0.2) is 0 Å². The van der Waals surface area contributed by atoms with Gasteiger partial charge in [-0.05, 0) is 18.0 Å². The van der Waals surface area contributed by atoms with Gasteiger partial charge in [0.05, 0.1) is 0 Å². The highest BCUT2D eigenvalue weighted by Crippen LogP contribution is 1.90. The zero-order valence-corrected chi connectivity index (χ0v) is 5.61. The molecule has 0 unspecified atom stereocenters. The van der Waals surface area contributed by atoms with Gasteiger partial charge in [0.2, 0.25) is 5.24 Å². The summed E-state index contributed by atoms with van der Waals surface area (Å²) in [6.07, 6.45) is 5.01. The summed E-state index contributed by atoms with van der Waals surface area (Å²) < 4.78 is 0. The van der Waals surface area contributed by atoms with Crippen molar-refractivity contribution in [3.05, 3.63) is 12.2 Å². The van der Waals surface area contributed by atoms with E-state index in [-0.39, 0.29) is 5.24 Å². The largest absolute Gasteiger partial charge is 0.281 e.